The van der Waals surface area contributed by atoms with Crippen LogP contribution in [0, 0.1) is 17.7 Å². The summed E-state index contributed by atoms with van der Waals surface area (Å²) in [4.78, 5) is 35.3. The van der Waals surface area contributed by atoms with Crippen LogP contribution in [0.3, 0.4) is 0 Å². The molecule has 0 bridgehead atoms. The quantitative estimate of drug-likeness (QED) is 0.0582. The zero-order chi connectivity index (χ0) is 49.9. The van der Waals surface area contributed by atoms with Crippen molar-refractivity contribution < 1.29 is 39.9 Å². The summed E-state index contributed by atoms with van der Waals surface area (Å²) >= 11 is 0. The molecule has 0 fully saturated rings. The normalized spacial score (nSPS) is 12.1. The van der Waals surface area contributed by atoms with Gasteiger partial charge >= 0.3 is 0 Å². The van der Waals surface area contributed by atoms with Crippen molar-refractivity contribution in [2.24, 2.45) is 0 Å². The fraction of sp³-hybridized carbons (Fsp3) is 0.146. The molecule has 8 aromatic rings. The smallest absolute Gasteiger partial charge is 0.265 e. The molecule has 1 atom stereocenters. The Morgan fingerprint density at radius 3 is 1.56 bits per heavy atom. The highest BCUT2D eigenvalue weighted by Gasteiger charge is 2.34. The number of likely N-dealkylation sites (N-methyl/N-ethyl adjacent to an activating group) is 1. The first-order valence-electron chi connectivity index (χ1n) is 21.0. The lowest BCUT2D eigenvalue weighted by Crippen LogP contribution is -2.34. The second-order valence-corrected chi connectivity index (χ2v) is 19.2. The number of aromatic nitrogens is 4. The van der Waals surface area contributed by atoms with Crippen molar-refractivity contribution in [2.45, 2.75) is 15.8 Å². The first-order valence-corrected chi connectivity index (χ1v) is 24.0. The van der Waals surface area contributed by atoms with E-state index in [9.17, 15) is 30.4 Å². The topological polar surface area (TPSA) is 222 Å². The van der Waals surface area contributed by atoms with Gasteiger partial charge < -0.3 is 30.3 Å². The number of benzene rings is 6. The van der Waals surface area contributed by atoms with Gasteiger partial charge in [-0.15, -0.1) is 0 Å². The van der Waals surface area contributed by atoms with Gasteiger partial charge in [-0.1, -0.05) is 42.5 Å². The molecule has 1 radical (unpaired) electrons. The van der Waals surface area contributed by atoms with E-state index in [0.717, 1.165) is 0 Å². The van der Waals surface area contributed by atoms with Crippen LogP contribution < -0.4 is 39.8 Å². The SMILES string of the molecule is COc1cc(Nc2nc3ccccc3nc2NS(=O)(=O)c2cccc(NC(=O)C(c3cc[c]c(N(C)C)c3S(=O)(=O)Nc3nc4ccccc4nc3Nc3ccc(F)c(OC)c3)N(C)C)c2)ccc1F. The maximum Gasteiger partial charge on any atom is 0.265 e. The Kier molecular flexibility index (Phi) is 13.6. The minimum Gasteiger partial charge on any atom is -0.494 e. The molecule has 5 N–H and O–H groups in total. The average Bonchev–Trinajstić information content (AvgIpc) is 3.32. The van der Waals surface area contributed by atoms with Gasteiger partial charge in [0.15, 0.2) is 46.4 Å². The summed E-state index contributed by atoms with van der Waals surface area (Å²) in [7, 11) is -0.126. The van der Waals surface area contributed by atoms with E-state index in [4.69, 9.17) is 9.47 Å². The summed E-state index contributed by atoms with van der Waals surface area (Å²) in [5, 5.41) is 8.78. The van der Waals surface area contributed by atoms with Gasteiger partial charge in [-0.3, -0.25) is 19.1 Å². The van der Waals surface area contributed by atoms with Crippen molar-refractivity contribution >= 4 is 94.0 Å². The first kappa shape index (κ1) is 48.3. The highest BCUT2D eigenvalue weighted by Crippen LogP contribution is 2.37. The molecule has 0 saturated carbocycles. The van der Waals surface area contributed by atoms with Crippen molar-refractivity contribution in [3.8, 4) is 11.5 Å². The van der Waals surface area contributed by atoms with Gasteiger partial charge in [0, 0.05) is 54.9 Å². The number of hydrogen-bond donors (Lipinski definition) is 5. The van der Waals surface area contributed by atoms with Gasteiger partial charge in [-0.25, -0.2) is 45.6 Å². The molecule has 2 heterocycles. The molecule has 22 heteroatoms. The first-order chi connectivity index (χ1) is 33.4. The number of rotatable bonds is 17. The number of amides is 1. The molecule has 0 spiro atoms. The molecule has 18 nitrogen and oxygen atoms in total. The summed E-state index contributed by atoms with van der Waals surface area (Å²) in [5.74, 6) is -2.49. The fourth-order valence-electron chi connectivity index (χ4n) is 7.35. The van der Waals surface area contributed by atoms with Crippen LogP contribution >= 0.6 is 0 Å². The molecular weight excluding hydrogens is 945 g/mol. The summed E-state index contributed by atoms with van der Waals surface area (Å²) < 4.78 is 102. The molecule has 0 aliphatic carbocycles. The second kappa shape index (κ2) is 19.8. The van der Waals surface area contributed by atoms with Crippen molar-refractivity contribution in [1.82, 2.24) is 24.8 Å². The van der Waals surface area contributed by atoms with Gasteiger partial charge in [-0.2, -0.15) is 0 Å². The zero-order valence-electron chi connectivity index (χ0n) is 38.2. The number of sulfonamides is 2. The highest BCUT2D eigenvalue weighted by molar-refractivity contribution is 7.93. The van der Waals surface area contributed by atoms with E-state index in [1.54, 1.807) is 76.7 Å². The highest BCUT2D eigenvalue weighted by atomic mass is 32.2. The van der Waals surface area contributed by atoms with Crippen LogP contribution in [-0.2, 0) is 24.8 Å². The van der Waals surface area contributed by atoms with E-state index in [0.29, 0.717) is 33.4 Å². The molecular formula is C48H44F2N11O7S2. The monoisotopic (exact) mass is 988 g/mol. The van der Waals surface area contributed by atoms with Gasteiger partial charge in [-0.05, 0) is 80.8 Å². The summed E-state index contributed by atoms with van der Waals surface area (Å²) in [6.45, 7) is 0. The number of halogens is 2. The van der Waals surface area contributed by atoms with Gasteiger partial charge in [0.1, 0.15) is 10.9 Å². The lowest BCUT2D eigenvalue weighted by atomic mass is 10.0. The number of ether oxygens (including phenoxy) is 2. The maximum absolute atomic E-state index is 14.9. The van der Waals surface area contributed by atoms with Crippen LogP contribution in [0.5, 0.6) is 11.5 Å². The molecule has 2 aromatic heterocycles. The van der Waals surface area contributed by atoms with E-state index in [1.807, 2.05) is 0 Å². The predicted octanol–water partition coefficient (Wildman–Crippen LogP) is 8.06. The number of anilines is 8. The van der Waals surface area contributed by atoms with Crippen molar-refractivity contribution in [2.75, 3.05) is 72.7 Å². The van der Waals surface area contributed by atoms with Gasteiger partial charge in [0.25, 0.3) is 20.0 Å². The second-order valence-electron chi connectivity index (χ2n) is 15.9. The third-order valence-electron chi connectivity index (χ3n) is 10.6. The Balaban J connectivity index is 1.11. The van der Waals surface area contributed by atoms with Crippen LogP contribution in [0.25, 0.3) is 22.1 Å². The van der Waals surface area contributed by atoms with Crippen molar-refractivity contribution in [3.05, 3.63) is 145 Å². The molecule has 0 aliphatic heterocycles. The number of nitrogens with one attached hydrogen (secondary N) is 5. The van der Waals surface area contributed by atoms with Crippen LogP contribution in [0.4, 0.5) is 54.8 Å². The Labute approximate surface area is 401 Å². The van der Waals surface area contributed by atoms with E-state index in [1.165, 1.54) is 96.8 Å². The lowest BCUT2D eigenvalue weighted by Gasteiger charge is -2.28. The fourth-order valence-corrected chi connectivity index (χ4v) is 9.89. The van der Waals surface area contributed by atoms with E-state index < -0.39 is 43.6 Å². The van der Waals surface area contributed by atoms with Crippen molar-refractivity contribution in [3.63, 3.8) is 0 Å². The molecule has 8 rings (SSSR count). The third-order valence-corrected chi connectivity index (χ3v) is 13.3. The predicted molar refractivity (Wildman–Crippen MR) is 264 cm³/mol. The lowest BCUT2D eigenvalue weighted by molar-refractivity contribution is -0.120. The van der Waals surface area contributed by atoms with Crippen LogP contribution in [0.15, 0.2) is 131 Å². The number of carbonyl (C=O) groups is 1. The number of methoxy groups -OCH3 is 2. The van der Waals surface area contributed by atoms with E-state index in [-0.39, 0.29) is 61.5 Å². The number of nitrogens with zero attached hydrogens (tertiary/aromatic N) is 6. The van der Waals surface area contributed by atoms with Gasteiger partial charge in [0.05, 0.1) is 46.9 Å². The largest absolute Gasteiger partial charge is 0.494 e. The third kappa shape index (κ3) is 10.3. The summed E-state index contributed by atoms with van der Waals surface area (Å²) in [6, 6.07) is 31.6. The van der Waals surface area contributed by atoms with Gasteiger partial charge in [0.2, 0.25) is 5.91 Å². The van der Waals surface area contributed by atoms with Crippen LogP contribution in [0.1, 0.15) is 11.6 Å². The number of para-hydroxylation sites is 4. The molecule has 70 heavy (non-hydrogen) atoms. The molecule has 1 unspecified atom stereocenters. The summed E-state index contributed by atoms with van der Waals surface area (Å²) in [6.07, 6.45) is 0. The Hall–Kier alpha value is -8.21. The standard InChI is InChI=1S/C48H44F2N11O7S2/c1-60(2)39-20-12-15-32(43(39)70(65,66)59-47-45(55-36-17-8-10-19-38(36)57-47)52-30-22-24-34(50)41(27-30)68-6)42(61(3)4)48(62)53-28-13-11-14-31(25-28)69(63,64)58-46-44(54-35-16-7-9-18-37(35)56-46)51-29-21-23-33(49)40(26-29)67-5/h7-19,21-27,42H,1-6H3,(H,51,54)(H,52,55)(H,53,62)(H,56,58)(H,57,59). The van der Waals surface area contributed by atoms with E-state index in [2.05, 4.69) is 51.4 Å². The Morgan fingerprint density at radius 1 is 0.600 bits per heavy atom. The minimum atomic E-state index is -4.69. The molecule has 6 aromatic carbocycles. The molecule has 359 valence electrons. The molecule has 1 amide bonds. The summed E-state index contributed by atoms with van der Waals surface area (Å²) in [5.41, 5.74) is 2.42. The Morgan fingerprint density at radius 2 is 1.09 bits per heavy atom. The number of fused-ring (bicyclic) bond motifs is 2. The maximum atomic E-state index is 14.9. The number of carbonyl (C=O) groups excluding carboxylic acids is 1. The number of hydrogen-bond acceptors (Lipinski definition) is 15. The van der Waals surface area contributed by atoms with Crippen LogP contribution in [0.2, 0.25) is 0 Å². The van der Waals surface area contributed by atoms with Crippen molar-refractivity contribution in [1.29, 1.82) is 0 Å². The minimum absolute atomic E-state index is 0.000329. The zero-order valence-corrected chi connectivity index (χ0v) is 39.9. The molecule has 0 aliphatic rings. The Bertz CT molecular complexity index is 3530. The van der Waals surface area contributed by atoms with E-state index >= 15 is 0 Å². The average molecular weight is 989 g/mol. The van der Waals surface area contributed by atoms with Crippen LogP contribution in [-0.4, -0.2) is 90.0 Å². The molecule has 0 saturated heterocycles.